The summed E-state index contributed by atoms with van der Waals surface area (Å²) in [7, 11) is 0. The van der Waals surface area contributed by atoms with Crippen LogP contribution in [0.5, 0.6) is 0 Å². The molecule has 3 nitrogen and oxygen atoms in total. The molecule has 1 rings (SSSR count). The van der Waals surface area contributed by atoms with Gasteiger partial charge in [-0.25, -0.2) is 8.78 Å². The molecule has 0 aromatic heterocycles. The number of hydrogen-bond donors (Lipinski definition) is 1. The van der Waals surface area contributed by atoms with Gasteiger partial charge >= 0.3 is 6.18 Å². The normalized spacial score (nSPS) is 11.5. The van der Waals surface area contributed by atoms with Crippen molar-refractivity contribution in [2.24, 2.45) is 0 Å². The summed E-state index contributed by atoms with van der Waals surface area (Å²) in [5.74, 6) is -3.97. The lowest BCUT2D eigenvalue weighted by molar-refractivity contribution is -0.141. The van der Waals surface area contributed by atoms with Crippen LogP contribution in [0, 0.1) is 11.6 Å². The lowest BCUT2D eigenvalue weighted by Gasteiger charge is -2.23. The number of alkyl halides is 3. The van der Waals surface area contributed by atoms with E-state index in [2.05, 4.69) is 0 Å². The Kier molecular flexibility index (Phi) is 4.82. The summed E-state index contributed by atoms with van der Waals surface area (Å²) in [6.45, 7) is -3.12. The van der Waals surface area contributed by atoms with Crippen LogP contribution in [0.3, 0.4) is 0 Å². The zero-order chi connectivity index (χ0) is 14.6. The number of aliphatic hydroxyl groups is 1. The van der Waals surface area contributed by atoms with E-state index in [4.69, 9.17) is 5.11 Å². The fourth-order valence-corrected chi connectivity index (χ4v) is 1.45. The van der Waals surface area contributed by atoms with Crippen molar-refractivity contribution in [2.45, 2.75) is 6.18 Å². The largest absolute Gasteiger partial charge is 0.406 e. The van der Waals surface area contributed by atoms with E-state index < -0.39 is 49.0 Å². The van der Waals surface area contributed by atoms with Gasteiger partial charge in [0, 0.05) is 6.54 Å². The molecule has 0 atom stereocenters. The number of aliphatic hydroxyl groups excluding tert-OH is 1. The van der Waals surface area contributed by atoms with Gasteiger partial charge in [-0.15, -0.1) is 0 Å². The number of amides is 1. The van der Waals surface area contributed by atoms with E-state index in [-0.39, 0.29) is 4.90 Å². The van der Waals surface area contributed by atoms with Crippen LogP contribution in [-0.2, 0) is 0 Å². The molecule has 0 bridgehead atoms. The van der Waals surface area contributed by atoms with E-state index in [1.54, 1.807) is 0 Å². The topological polar surface area (TPSA) is 40.5 Å². The van der Waals surface area contributed by atoms with Crippen LogP contribution < -0.4 is 0 Å². The van der Waals surface area contributed by atoms with E-state index in [0.717, 1.165) is 18.2 Å². The molecule has 0 aliphatic carbocycles. The summed E-state index contributed by atoms with van der Waals surface area (Å²) in [6.07, 6.45) is -4.73. The minimum atomic E-state index is -4.73. The summed E-state index contributed by atoms with van der Waals surface area (Å²) in [5, 5.41) is 8.62. The first-order chi connectivity index (χ1) is 8.76. The van der Waals surface area contributed by atoms with Crippen LogP contribution >= 0.6 is 0 Å². The highest BCUT2D eigenvalue weighted by Crippen LogP contribution is 2.20. The maximum atomic E-state index is 13.3. The van der Waals surface area contributed by atoms with Gasteiger partial charge in [0.05, 0.1) is 6.61 Å². The highest BCUT2D eigenvalue weighted by molar-refractivity contribution is 5.94. The van der Waals surface area contributed by atoms with Gasteiger partial charge in [-0.05, 0) is 12.1 Å². The quantitative estimate of drug-likeness (QED) is 0.858. The molecule has 1 amide bonds. The second-order valence-electron chi connectivity index (χ2n) is 3.66. The van der Waals surface area contributed by atoms with Gasteiger partial charge in [0.15, 0.2) is 0 Å². The third-order valence-electron chi connectivity index (χ3n) is 2.20. The van der Waals surface area contributed by atoms with E-state index >= 15 is 0 Å². The molecule has 1 aromatic rings. The first-order valence-corrected chi connectivity index (χ1v) is 5.17. The van der Waals surface area contributed by atoms with Gasteiger partial charge in [-0.1, -0.05) is 6.07 Å². The minimum absolute atomic E-state index is 0.140. The van der Waals surface area contributed by atoms with Crippen LogP contribution in [-0.4, -0.2) is 41.8 Å². The zero-order valence-electron chi connectivity index (χ0n) is 9.55. The summed E-state index contributed by atoms with van der Waals surface area (Å²) in [6, 6.07) is 2.52. The van der Waals surface area contributed by atoms with Crippen molar-refractivity contribution in [3.8, 4) is 0 Å². The molecule has 0 aliphatic rings. The first-order valence-electron chi connectivity index (χ1n) is 5.17. The van der Waals surface area contributed by atoms with Gasteiger partial charge in [0.1, 0.15) is 23.7 Å². The van der Waals surface area contributed by atoms with Crippen molar-refractivity contribution in [1.82, 2.24) is 4.90 Å². The average molecular weight is 283 g/mol. The van der Waals surface area contributed by atoms with Crippen LogP contribution in [0.25, 0.3) is 0 Å². The fourth-order valence-electron chi connectivity index (χ4n) is 1.45. The van der Waals surface area contributed by atoms with Crippen LogP contribution in [0.1, 0.15) is 10.4 Å². The number of carbonyl (C=O) groups is 1. The number of nitrogens with zero attached hydrogens (tertiary/aromatic N) is 1. The second-order valence-corrected chi connectivity index (χ2v) is 3.66. The first kappa shape index (κ1) is 15.4. The van der Waals surface area contributed by atoms with Gasteiger partial charge in [0.25, 0.3) is 5.91 Å². The number of halogens is 5. The fraction of sp³-hybridized carbons (Fsp3) is 0.364. The second kappa shape index (κ2) is 5.96. The molecule has 0 spiro atoms. The highest BCUT2D eigenvalue weighted by Gasteiger charge is 2.34. The standard InChI is InChI=1S/C11H10F5NO2/c12-7-2-1-3-8(13)9(7)10(19)17(4-5-18)6-11(14,15)16/h1-3,18H,4-6H2. The van der Waals surface area contributed by atoms with E-state index in [0.29, 0.717) is 0 Å². The number of rotatable bonds is 4. The van der Waals surface area contributed by atoms with Crippen LogP contribution in [0.4, 0.5) is 22.0 Å². The summed E-state index contributed by atoms with van der Waals surface area (Å²) in [5.41, 5.74) is -1.07. The van der Waals surface area contributed by atoms with Crippen molar-refractivity contribution >= 4 is 5.91 Å². The lowest BCUT2D eigenvalue weighted by Crippen LogP contribution is -2.41. The molecular formula is C11H10F5NO2. The Bertz CT molecular complexity index is 441. The van der Waals surface area contributed by atoms with Gasteiger partial charge in [0.2, 0.25) is 0 Å². The molecule has 1 aromatic carbocycles. The average Bonchev–Trinajstić information content (AvgIpc) is 2.26. The molecule has 0 aliphatic heterocycles. The number of carbonyl (C=O) groups excluding carboxylic acids is 1. The van der Waals surface area contributed by atoms with Crippen molar-refractivity contribution < 1.29 is 31.9 Å². The third-order valence-corrected chi connectivity index (χ3v) is 2.20. The Morgan fingerprint density at radius 1 is 1.21 bits per heavy atom. The van der Waals surface area contributed by atoms with Crippen molar-refractivity contribution in [3.05, 3.63) is 35.4 Å². The van der Waals surface area contributed by atoms with E-state index in [9.17, 15) is 26.7 Å². The highest BCUT2D eigenvalue weighted by atomic mass is 19.4. The Balaban J connectivity index is 3.06. The molecule has 8 heteroatoms. The molecule has 0 saturated heterocycles. The summed E-state index contributed by atoms with van der Waals surface area (Å²) >= 11 is 0. The smallest absolute Gasteiger partial charge is 0.395 e. The molecular weight excluding hydrogens is 273 g/mol. The molecule has 19 heavy (non-hydrogen) atoms. The molecule has 0 fully saturated rings. The molecule has 0 unspecified atom stereocenters. The maximum Gasteiger partial charge on any atom is 0.406 e. The van der Waals surface area contributed by atoms with Crippen molar-refractivity contribution in [2.75, 3.05) is 19.7 Å². The van der Waals surface area contributed by atoms with E-state index in [1.807, 2.05) is 0 Å². The molecule has 1 N–H and O–H groups in total. The van der Waals surface area contributed by atoms with Crippen molar-refractivity contribution in [3.63, 3.8) is 0 Å². The van der Waals surface area contributed by atoms with Gasteiger partial charge in [-0.3, -0.25) is 4.79 Å². The van der Waals surface area contributed by atoms with E-state index in [1.165, 1.54) is 0 Å². The van der Waals surface area contributed by atoms with Crippen LogP contribution in [0.2, 0.25) is 0 Å². The maximum absolute atomic E-state index is 13.3. The Labute approximate surface area is 105 Å². The monoisotopic (exact) mass is 283 g/mol. The number of benzene rings is 1. The predicted molar refractivity (Wildman–Crippen MR) is 55.4 cm³/mol. The lowest BCUT2D eigenvalue weighted by atomic mass is 10.1. The molecule has 106 valence electrons. The molecule has 0 saturated carbocycles. The molecule has 0 radical (unpaired) electrons. The Morgan fingerprint density at radius 3 is 2.16 bits per heavy atom. The summed E-state index contributed by atoms with van der Waals surface area (Å²) in [4.78, 5) is 11.8. The van der Waals surface area contributed by atoms with Crippen LogP contribution in [0.15, 0.2) is 18.2 Å². The minimum Gasteiger partial charge on any atom is -0.395 e. The Morgan fingerprint density at radius 2 is 1.74 bits per heavy atom. The Hall–Kier alpha value is -1.70. The molecule has 0 heterocycles. The zero-order valence-corrected chi connectivity index (χ0v) is 9.55. The SMILES string of the molecule is O=C(c1c(F)cccc1F)N(CCO)CC(F)(F)F. The van der Waals surface area contributed by atoms with Gasteiger partial charge in [-0.2, -0.15) is 13.2 Å². The number of hydrogen-bond acceptors (Lipinski definition) is 2. The third kappa shape index (κ3) is 4.16. The van der Waals surface area contributed by atoms with Gasteiger partial charge < -0.3 is 10.0 Å². The predicted octanol–water partition coefficient (Wildman–Crippen LogP) is 1.96. The summed E-state index contributed by atoms with van der Waals surface area (Å²) < 4.78 is 63.3. The van der Waals surface area contributed by atoms with Crippen molar-refractivity contribution in [1.29, 1.82) is 0 Å².